The molecule has 0 saturated carbocycles. The number of rotatable bonds is 2. The van der Waals surface area contributed by atoms with Crippen molar-refractivity contribution in [3.05, 3.63) is 82.4 Å². The SMILES string of the molecule is Cc1ccc(Cl)cc1N1C(=O)NC(=O)/C(=C\c2cccc3ccccc23)C1=O. The number of nitrogens with zero attached hydrogens (tertiary/aromatic N) is 1. The molecule has 1 heterocycles. The Morgan fingerprint density at radius 3 is 2.54 bits per heavy atom. The Morgan fingerprint density at radius 1 is 0.964 bits per heavy atom. The summed E-state index contributed by atoms with van der Waals surface area (Å²) in [5.74, 6) is -1.41. The minimum absolute atomic E-state index is 0.115. The molecule has 0 aromatic heterocycles. The molecule has 0 unspecified atom stereocenters. The first-order valence-electron chi connectivity index (χ1n) is 8.61. The number of hydrogen-bond acceptors (Lipinski definition) is 3. The van der Waals surface area contributed by atoms with Gasteiger partial charge in [-0.3, -0.25) is 14.9 Å². The summed E-state index contributed by atoms with van der Waals surface area (Å²) in [5.41, 5.74) is 1.63. The van der Waals surface area contributed by atoms with Crippen molar-refractivity contribution in [2.24, 2.45) is 0 Å². The lowest BCUT2D eigenvalue weighted by molar-refractivity contribution is -0.122. The van der Waals surface area contributed by atoms with Gasteiger partial charge in [-0.25, -0.2) is 9.69 Å². The van der Waals surface area contributed by atoms with Gasteiger partial charge in [0.15, 0.2) is 0 Å². The van der Waals surface area contributed by atoms with Crippen LogP contribution < -0.4 is 10.2 Å². The van der Waals surface area contributed by atoms with Crippen LogP contribution in [0.25, 0.3) is 16.8 Å². The monoisotopic (exact) mass is 390 g/mol. The normalized spacial score (nSPS) is 16.0. The van der Waals surface area contributed by atoms with Crippen molar-refractivity contribution in [3.8, 4) is 0 Å². The zero-order chi connectivity index (χ0) is 19.8. The Kier molecular flexibility index (Phi) is 4.45. The Bertz CT molecular complexity index is 1180. The smallest absolute Gasteiger partial charge is 0.273 e. The maximum absolute atomic E-state index is 13.1. The maximum Gasteiger partial charge on any atom is 0.335 e. The molecule has 0 radical (unpaired) electrons. The second-order valence-corrected chi connectivity index (χ2v) is 6.89. The van der Waals surface area contributed by atoms with Crippen molar-refractivity contribution in [1.29, 1.82) is 0 Å². The van der Waals surface area contributed by atoms with Crippen LogP contribution in [0.4, 0.5) is 10.5 Å². The van der Waals surface area contributed by atoms with Crippen LogP contribution in [0.5, 0.6) is 0 Å². The average molecular weight is 391 g/mol. The number of urea groups is 1. The number of nitrogens with one attached hydrogen (secondary N) is 1. The molecule has 1 aliphatic heterocycles. The van der Waals surface area contributed by atoms with Crippen LogP contribution in [0.15, 0.2) is 66.2 Å². The highest BCUT2D eigenvalue weighted by atomic mass is 35.5. The number of anilines is 1. The summed E-state index contributed by atoms with van der Waals surface area (Å²) in [6.07, 6.45) is 1.51. The molecule has 6 heteroatoms. The van der Waals surface area contributed by atoms with Gasteiger partial charge in [0.1, 0.15) is 5.57 Å². The van der Waals surface area contributed by atoms with Crippen molar-refractivity contribution >= 4 is 52.0 Å². The van der Waals surface area contributed by atoms with E-state index in [0.717, 1.165) is 15.7 Å². The molecule has 138 valence electrons. The predicted octanol–water partition coefficient (Wildman–Crippen LogP) is 4.47. The second-order valence-electron chi connectivity index (χ2n) is 6.46. The number of carbonyl (C=O) groups is 3. The number of halogens is 1. The van der Waals surface area contributed by atoms with Crippen LogP contribution >= 0.6 is 11.6 Å². The molecule has 0 spiro atoms. The number of amides is 4. The quantitative estimate of drug-likeness (QED) is 0.518. The molecule has 1 aliphatic rings. The van der Waals surface area contributed by atoms with Crippen LogP contribution in [0.2, 0.25) is 5.02 Å². The molecule has 0 atom stereocenters. The highest BCUT2D eigenvalue weighted by molar-refractivity contribution is 6.40. The van der Waals surface area contributed by atoms with Gasteiger partial charge in [-0.15, -0.1) is 0 Å². The third-order valence-corrected chi connectivity index (χ3v) is 4.87. The fraction of sp³-hybridized carbons (Fsp3) is 0.0455. The molecule has 0 aliphatic carbocycles. The van der Waals surface area contributed by atoms with Crippen molar-refractivity contribution in [3.63, 3.8) is 0 Å². The van der Waals surface area contributed by atoms with Gasteiger partial charge >= 0.3 is 6.03 Å². The highest BCUT2D eigenvalue weighted by Crippen LogP contribution is 2.29. The number of benzene rings is 3. The molecule has 3 aromatic carbocycles. The minimum atomic E-state index is -0.796. The number of carbonyl (C=O) groups excluding carboxylic acids is 3. The minimum Gasteiger partial charge on any atom is -0.273 e. The number of fused-ring (bicyclic) bond motifs is 1. The summed E-state index contributed by atoms with van der Waals surface area (Å²) in [6, 6.07) is 17.4. The largest absolute Gasteiger partial charge is 0.335 e. The van der Waals surface area contributed by atoms with E-state index in [-0.39, 0.29) is 5.57 Å². The van der Waals surface area contributed by atoms with E-state index >= 15 is 0 Å². The molecular formula is C22H15ClN2O3. The lowest BCUT2D eigenvalue weighted by Crippen LogP contribution is -2.54. The van der Waals surface area contributed by atoms with Crippen LogP contribution in [-0.4, -0.2) is 17.8 Å². The molecule has 28 heavy (non-hydrogen) atoms. The molecule has 5 nitrogen and oxygen atoms in total. The van der Waals surface area contributed by atoms with Crippen LogP contribution in [0.3, 0.4) is 0 Å². The van der Waals surface area contributed by atoms with Gasteiger partial charge in [-0.05, 0) is 47.0 Å². The topological polar surface area (TPSA) is 66.5 Å². The number of hydrogen-bond donors (Lipinski definition) is 1. The van der Waals surface area contributed by atoms with E-state index < -0.39 is 17.8 Å². The van der Waals surface area contributed by atoms with Gasteiger partial charge in [-0.2, -0.15) is 0 Å². The van der Waals surface area contributed by atoms with E-state index in [1.54, 1.807) is 19.1 Å². The molecule has 1 N–H and O–H groups in total. The first-order valence-corrected chi connectivity index (χ1v) is 8.99. The van der Waals surface area contributed by atoms with Crippen LogP contribution in [0.1, 0.15) is 11.1 Å². The zero-order valence-electron chi connectivity index (χ0n) is 14.9. The first kappa shape index (κ1) is 17.9. The Labute approximate surface area is 166 Å². The number of barbiturate groups is 1. The van der Waals surface area contributed by atoms with Gasteiger partial charge in [0, 0.05) is 5.02 Å². The molecule has 1 fully saturated rings. The third-order valence-electron chi connectivity index (χ3n) is 4.64. The van der Waals surface area contributed by atoms with E-state index in [9.17, 15) is 14.4 Å². The summed E-state index contributed by atoms with van der Waals surface area (Å²) in [5, 5.41) is 4.51. The van der Waals surface area contributed by atoms with Crippen molar-refractivity contribution in [1.82, 2.24) is 5.32 Å². The predicted molar refractivity (Wildman–Crippen MR) is 109 cm³/mol. The van der Waals surface area contributed by atoms with E-state index in [4.69, 9.17) is 11.6 Å². The Morgan fingerprint density at radius 2 is 1.71 bits per heavy atom. The molecule has 1 saturated heterocycles. The third kappa shape index (κ3) is 3.06. The number of imide groups is 2. The van der Waals surface area contributed by atoms with E-state index in [1.807, 2.05) is 42.5 Å². The van der Waals surface area contributed by atoms with Gasteiger partial charge in [0.2, 0.25) is 0 Å². The molecule has 4 amide bonds. The summed E-state index contributed by atoms with van der Waals surface area (Å²) in [7, 11) is 0. The van der Waals surface area contributed by atoms with Crippen molar-refractivity contribution in [2.75, 3.05) is 4.90 Å². The summed E-state index contributed by atoms with van der Waals surface area (Å²) < 4.78 is 0. The Hall–Kier alpha value is -3.44. The van der Waals surface area contributed by atoms with Gasteiger partial charge in [0.05, 0.1) is 5.69 Å². The standard InChI is InChI=1S/C22H15ClN2O3/c1-13-9-10-16(23)12-19(13)25-21(27)18(20(26)24-22(25)28)11-15-7-4-6-14-5-2-3-8-17(14)15/h2-12H,1H3,(H,24,26,28)/b18-11+. The fourth-order valence-corrected chi connectivity index (χ4v) is 3.40. The molecule has 0 bridgehead atoms. The van der Waals surface area contributed by atoms with Gasteiger partial charge in [0.25, 0.3) is 11.8 Å². The lowest BCUT2D eigenvalue weighted by atomic mass is 10.0. The van der Waals surface area contributed by atoms with E-state index in [1.165, 1.54) is 12.1 Å². The lowest BCUT2D eigenvalue weighted by Gasteiger charge is -2.27. The van der Waals surface area contributed by atoms with Crippen LogP contribution in [-0.2, 0) is 9.59 Å². The van der Waals surface area contributed by atoms with E-state index in [2.05, 4.69) is 5.32 Å². The van der Waals surface area contributed by atoms with Crippen molar-refractivity contribution < 1.29 is 14.4 Å². The summed E-state index contributed by atoms with van der Waals surface area (Å²) in [4.78, 5) is 38.8. The zero-order valence-corrected chi connectivity index (χ0v) is 15.7. The van der Waals surface area contributed by atoms with Crippen LogP contribution in [0, 0.1) is 6.92 Å². The second kappa shape index (κ2) is 6.94. The Balaban J connectivity index is 1.84. The fourth-order valence-electron chi connectivity index (χ4n) is 3.23. The average Bonchev–Trinajstić information content (AvgIpc) is 2.68. The van der Waals surface area contributed by atoms with Crippen molar-refractivity contribution in [2.45, 2.75) is 6.92 Å². The molecular weight excluding hydrogens is 376 g/mol. The highest BCUT2D eigenvalue weighted by Gasteiger charge is 2.37. The van der Waals surface area contributed by atoms with Gasteiger partial charge < -0.3 is 0 Å². The molecule has 3 aromatic rings. The van der Waals surface area contributed by atoms with E-state index in [0.29, 0.717) is 21.8 Å². The van der Waals surface area contributed by atoms with Gasteiger partial charge in [-0.1, -0.05) is 60.1 Å². The summed E-state index contributed by atoms with van der Waals surface area (Å²) >= 11 is 6.04. The molecule has 4 rings (SSSR count). The number of aryl methyl sites for hydroxylation is 1. The first-order chi connectivity index (χ1) is 13.5. The maximum atomic E-state index is 13.1. The summed E-state index contributed by atoms with van der Waals surface area (Å²) in [6.45, 7) is 1.76.